The fourth-order valence-electron chi connectivity index (χ4n) is 5.52. The van der Waals surface area contributed by atoms with E-state index in [0.717, 1.165) is 18.4 Å². The number of hydrogen-bond acceptors (Lipinski definition) is 7. The lowest BCUT2D eigenvalue weighted by Crippen LogP contribution is -2.48. The number of carbonyl (C=O) groups excluding carboxylic acids is 2. The summed E-state index contributed by atoms with van der Waals surface area (Å²) in [6.45, 7) is 7.87. The standard InChI is InChI=1S/C36H48N4O7S/c1-25-14-17-31(18-15-25)48(44,45)39(5)23-34-26(2)22-40(27(3)24-41)35(42)32-21-30(38-36(43)37-29-12-7-6-8-13-29)16-19-33(32)47-28(4)11-9-10-20-46-34/h6-8,12-19,21,26-28,34,41H,9-11,20,22-24H2,1-5H3,(H2,37,38,43)/t26-,27-,28-,34-/m1/s1. The number of aliphatic hydroxyl groups excluding tert-OH is 1. The van der Waals surface area contributed by atoms with E-state index < -0.39 is 34.1 Å². The van der Waals surface area contributed by atoms with Crippen molar-refractivity contribution < 1.29 is 32.6 Å². The summed E-state index contributed by atoms with van der Waals surface area (Å²) >= 11 is 0. The van der Waals surface area contributed by atoms with E-state index in [1.54, 1.807) is 66.4 Å². The van der Waals surface area contributed by atoms with E-state index >= 15 is 0 Å². The van der Waals surface area contributed by atoms with Crippen LogP contribution in [-0.2, 0) is 14.8 Å². The van der Waals surface area contributed by atoms with Gasteiger partial charge in [-0.3, -0.25) is 4.79 Å². The van der Waals surface area contributed by atoms with Gasteiger partial charge >= 0.3 is 6.03 Å². The Morgan fingerprint density at radius 3 is 2.40 bits per heavy atom. The highest BCUT2D eigenvalue weighted by molar-refractivity contribution is 7.89. The first-order valence-electron chi connectivity index (χ1n) is 16.4. The second-order valence-corrected chi connectivity index (χ2v) is 14.6. The molecule has 48 heavy (non-hydrogen) atoms. The highest BCUT2D eigenvalue weighted by Gasteiger charge is 2.32. The average Bonchev–Trinajstić information content (AvgIpc) is 3.06. The first-order chi connectivity index (χ1) is 22.9. The molecule has 4 atom stereocenters. The van der Waals surface area contributed by atoms with Crippen molar-refractivity contribution in [3.63, 3.8) is 0 Å². The Morgan fingerprint density at radius 1 is 1.02 bits per heavy atom. The molecule has 0 aliphatic carbocycles. The van der Waals surface area contributed by atoms with Gasteiger partial charge in [0.2, 0.25) is 10.0 Å². The topological polar surface area (TPSA) is 138 Å². The molecule has 3 aromatic rings. The number of aryl methyl sites for hydroxylation is 1. The Kier molecular flexibility index (Phi) is 13.0. The molecule has 3 N–H and O–H groups in total. The first-order valence-corrected chi connectivity index (χ1v) is 17.8. The molecule has 12 heteroatoms. The smallest absolute Gasteiger partial charge is 0.323 e. The number of anilines is 2. The molecule has 0 saturated carbocycles. The monoisotopic (exact) mass is 680 g/mol. The van der Waals surface area contributed by atoms with Crippen LogP contribution in [-0.4, -0.2) is 86.3 Å². The maximum absolute atomic E-state index is 14.3. The van der Waals surface area contributed by atoms with Crippen LogP contribution >= 0.6 is 0 Å². The van der Waals surface area contributed by atoms with E-state index in [9.17, 15) is 23.1 Å². The molecule has 0 saturated heterocycles. The van der Waals surface area contributed by atoms with E-state index in [1.807, 2.05) is 39.0 Å². The number of sulfonamides is 1. The third kappa shape index (κ3) is 9.79. The van der Waals surface area contributed by atoms with Crippen molar-refractivity contribution in [3.05, 3.63) is 83.9 Å². The van der Waals surface area contributed by atoms with Crippen molar-refractivity contribution in [1.29, 1.82) is 0 Å². The Labute approximate surface area is 284 Å². The van der Waals surface area contributed by atoms with Gasteiger partial charge < -0.3 is 30.1 Å². The van der Waals surface area contributed by atoms with Crippen LogP contribution in [0.15, 0.2) is 77.7 Å². The predicted octanol–water partition coefficient (Wildman–Crippen LogP) is 5.76. The van der Waals surface area contributed by atoms with Gasteiger partial charge in [0.25, 0.3) is 5.91 Å². The number of aliphatic hydroxyl groups is 1. The minimum atomic E-state index is -3.79. The van der Waals surface area contributed by atoms with Gasteiger partial charge in [-0.1, -0.05) is 42.8 Å². The van der Waals surface area contributed by atoms with Gasteiger partial charge in [0.05, 0.1) is 35.3 Å². The highest BCUT2D eigenvalue weighted by atomic mass is 32.2. The molecule has 260 valence electrons. The molecule has 11 nitrogen and oxygen atoms in total. The molecule has 3 aromatic carbocycles. The number of para-hydroxylation sites is 1. The zero-order valence-corrected chi connectivity index (χ0v) is 29.2. The molecule has 3 amide bonds. The molecular weight excluding hydrogens is 632 g/mol. The second kappa shape index (κ2) is 16.9. The maximum Gasteiger partial charge on any atom is 0.323 e. The summed E-state index contributed by atoms with van der Waals surface area (Å²) in [5, 5.41) is 15.8. The number of nitrogens with one attached hydrogen (secondary N) is 2. The molecule has 0 fully saturated rings. The van der Waals surface area contributed by atoms with Crippen molar-refractivity contribution in [2.24, 2.45) is 5.92 Å². The van der Waals surface area contributed by atoms with Gasteiger partial charge in [0.15, 0.2) is 0 Å². The number of benzene rings is 3. The average molecular weight is 681 g/mol. The van der Waals surface area contributed by atoms with Crippen molar-refractivity contribution in [2.45, 2.75) is 70.1 Å². The fourth-order valence-corrected chi connectivity index (χ4v) is 6.70. The largest absolute Gasteiger partial charge is 0.490 e. The number of nitrogens with zero attached hydrogens (tertiary/aromatic N) is 2. The Morgan fingerprint density at radius 2 is 1.71 bits per heavy atom. The lowest BCUT2D eigenvalue weighted by atomic mass is 10.0. The summed E-state index contributed by atoms with van der Waals surface area (Å²) in [6.07, 6.45) is 1.49. The number of hydrogen-bond donors (Lipinski definition) is 3. The Hall–Kier alpha value is -3.97. The van der Waals surface area contributed by atoms with Crippen LogP contribution in [0.5, 0.6) is 5.75 Å². The minimum absolute atomic E-state index is 0.0770. The first kappa shape index (κ1) is 36.9. The molecule has 4 rings (SSSR count). The zero-order chi connectivity index (χ0) is 34.8. The van der Waals surface area contributed by atoms with Gasteiger partial charge in [-0.15, -0.1) is 0 Å². The van der Waals surface area contributed by atoms with Crippen LogP contribution in [0.3, 0.4) is 0 Å². The van der Waals surface area contributed by atoms with Crippen LogP contribution < -0.4 is 15.4 Å². The SMILES string of the molecule is Cc1ccc(S(=O)(=O)N(C)C[C@H]2OCCCC[C@@H](C)Oc3ccc(NC(=O)Nc4ccccc4)cc3C(=O)N([C@H](C)CO)C[C@H]2C)cc1. The Balaban J connectivity index is 1.62. The van der Waals surface area contributed by atoms with Gasteiger partial charge in [-0.2, -0.15) is 4.31 Å². The number of amides is 3. The molecule has 0 unspecified atom stereocenters. The number of ether oxygens (including phenoxy) is 2. The number of likely N-dealkylation sites (N-methyl/N-ethyl adjacent to an activating group) is 1. The molecule has 0 radical (unpaired) electrons. The van der Waals surface area contributed by atoms with E-state index in [-0.39, 0.29) is 42.2 Å². The van der Waals surface area contributed by atoms with Crippen LogP contribution in [0.1, 0.15) is 56.0 Å². The van der Waals surface area contributed by atoms with Crippen LogP contribution in [0.4, 0.5) is 16.2 Å². The number of fused-ring (bicyclic) bond motifs is 1. The molecule has 1 heterocycles. The van der Waals surface area contributed by atoms with Crippen LogP contribution in [0.25, 0.3) is 0 Å². The normalized spacial score (nSPS) is 20.3. The molecular formula is C36H48N4O7S. The summed E-state index contributed by atoms with van der Waals surface area (Å²) in [5.41, 5.74) is 2.21. The predicted molar refractivity (Wildman–Crippen MR) is 187 cm³/mol. The van der Waals surface area contributed by atoms with Gasteiger partial charge in [-0.05, 0) is 82.5 Å². The number of urea groups is 1. The quantitative estimate of drug-likeness (QED) is 0.275. The molecule has 0 aromatic heterocycles. The molecule has 1 aliphatic heterocycles. The van der Waals surface area contributed by atoms with Crippen molar-refractivity contribution in [1.82, 2.24) is 9.21 Å². The van der Waals surface area contributed by atoms with Gasteiger partial charge in [0, 0.05) is 44.0 Å². The van der Waals surface area contributed by atoms with E-state index in [1.165, 1.54) is 11.4 Å². The number of rotatable bonds is 8. The summed E-state index contributed by atoms with van der Waals surface area (Å²) < 4.78 is 40.8. The lowest BCUT2D eigenvalue weighted by Gasteiger charge is -2.35. The maximum atomic E-state index is 14.3. The van der Waals surface area contributed by atoms with Crippen LogP contribution in [0.2, 0.25) is 0 Å². The van der Waals surface area contributed by atoms with Crippen molar-refractivity contribution >= 4 is 33.3 Å². The summed E-state index contributed by atoms with van der Waals surface area (Å²) in [6, 6.07) is 19.6. The highest BCUT2D eigenvalue weighted by Crippen LogP contribution is 2.29. The second-order valence-electron chi connectivity index (χ2n) is 12.6. The lowest BCUT2D eigenvalue weighted by molar-refractivity contribution is -0.00833. The summed E-state index contributed by atoms with van der Waals surface area (Å²) in [4.78, 5) is 28.9. The van der Waals surface area contributed by atoms with E-state index in [4.69, 9.17) is 9.47 Å². The Bertz CT molecular complexity index is 1620. The van der Waals surface area contributed by atoms with E-state index in [2.05, 4.69) is 10.6 Å². The summed E-state index contributed by atoms with van der Waals surface area (Å²) in [7, 11) is -2.25. The number of carbonyl (C=O) groups is 2. The van der Waals surface area contributed by atoms with Crippen molar-refractivity contribution in [3.8, 4) is 5.75 Å². The molecule has 0 bridgehead atoms. The third-order valence-electron chi connectivity index (χ3n) is 8.51. The summed E-state index contributed by atoms with van der Waals surface area (Å²) in [5.74, 6) is -0.338. The van der Waals surface area contributed by atoms with E-state index in [0.29, 0.717) is 30.2 Å². The zero-order valence-electron chi connectivity index (χ0n) is 28.4. The van der Waals surface area contributed by atoms with Crippen molar-refractivity contribution in [2.75, 3.05) is 44.0 Å². The minimum Gasteiger partial charge on any atom is -0.490 e. The fraction of sp³-hybridized carbons (Fsp3) is 0.444. The third-order valence-corrected chi connectivity index (χ3v) is 10.3. The van der Waals surface area contributed by atoms with Crippen LogP contribution in [0, 0.1) is 12.8 Å². The molecule has 0 spiro atoms. The van der Waals surface area contributed by atoms with Gasteiger partial charge in [-0.25, -0.2) is 13.2 Å². The van der Waals surface area contributed by atoms with Gasteiger partial charge in [0.1, 0.15) is 5.75 Å². The molecule has 1 aliphatic rings.